The third-order valence-electron chi connectivity index (χ3n) is 6.49. The lowest BCUT2D eigenvalue weighted by Gasteiger charge is -2.14. The smallest absolute Gasteiger partial charge is 0.267 e. The number of hydrogen-bond acceptors (Lipinski definition) is 6. The molecule has 4 amide bonds. The summed E-state index contributed by atoms with van der Waals surface area (Å²) in [5, 5.41) is 0. The summed E-state index contributed by atoms with van der Waals surface area (Å²) in [6.45, 7) is 3.99. The number of carbonyl (C=O) groups is 4. The predicted octanol–water partition coefficient (Wildman–Crippen LogP) is 17.9. The minimum absolute atomic E-state index is 0. The van der Waals surface area contributed by atoms with Crippen LogP contribution in [0.25, 0.3) is 0 Å². The van der Waals surface area contributed by atoms with Crippen molar-refractivity contribution >= 4 is 51.2 Å². The van der Waals surface area contributed by atoms with Gasteiger partial charge in [0.15, 0.2) is 0 Å². The first-order valence-corrected chi connectivity index (χ1v) is 13.2. The molecule has 0 bridgehead atoms. The van der Waals surface area contributed by atoms with Crippen molar-refractivity contribution in [2.75, 3.05) is 9.80 Å². The molecule has 0 radical (unpaired) electrons. The Morgan fingerprint density at radius 2 is 0.741 bits per heavy atom. The van der Waals surface area contributed by atoms with E-state index in [-0.39, 0.29) is 170 Å². The average molecular weight is 888 g/mol. The number of pyridine rings is 2. The molecule has 2 aromatic heterocycles. The normalized spacial score (nSPS) is 9.84. The van der Waals surface area contributed by atoms with Gasteiger partial charge in [-0.25, -0.2) is 19.8 Å². The Balaban J connectivity index is -0.0000000370. The molecule has 2 aliphatic rings. The first-order valence-electron chi connectivity index (χ1n) is 12.3. The van der Waals surface area contributed by atoms with Crippen molar-refractivity contribution in [3.8, 4) is 0 Å². The zero-order valence-corrected chi connectivity index (χ0v) is 22.8. The summed E-state index contributed by atoms with van der Waals surface area (Å²) >= 11 is 3.47. The van der Waals surface area contributed by atoms with Crippen LogP contribution >= 0.6 is 15.9 Å². The maximum absolute atomic E-state index is 12.3. The molecule has 8 nitrogen and oxygen atoms in total. The van der Waals surface area contributed by atoms with Crippen LogP contribution in [0.3, 0.4) is 0 Å². The minimum Gasteiger partial charge on any atom is -0.268 e. The predicted molar refractivity (Wildman–Crippen MR) is 278 cm³/mol. The van der Waals surface area contributed by atoms with Crippen LogP contribution in [0.2, 0.25) is 0 Å². The van der Waals surface area contributed by atoms with E-state index in [0.717, 1.165) is 27.3 Å². The zero-order chi connectivity index (χ0) is 27.7. The molecule has 0 saturated heterocycles. The molecule has 346 valence electrons. The Morgan fingerprint density at radius 1 is 0.466 bits per heavy atom. The maximum Gasteiger partial charge on any atom is 0.267 e. The number of rotatable bonds is 4. The van der Waals surface area contributed by atoms with Gasteiger partial charge in [0, 0.05) is 17.2 Å². The van der Waals surface area contributed by atoms with Gasteiger partial charge in [-0.2, -0.15) is 0 Å². The molecule has 2 aromatic carbocycles. The van der Waals surface area contributed by atoms with Crippen molar-refractivity contribution in [2.45, 2.75) is 166 Å². The number of aromatic nitrogens is 2. The van der Waals surface area contributed by atoms with Gasteiger partial charge in [0.1, 0.15) is 11.6 Å². The lowest BCUT2D eigenvalue weighted by Crippen LogP contribution is -2.30. The highest BCUT2D eigenvalue weighted by Crippen LogP contribution is 2.30. The van der Waals surface area contributed by atoms with Crippen molar-refractivity contribution < 1.29 is 19.2 Å². The van der Waals surface area contributed by atoms with Crippen LogP contribution < -0.4 is 9.80 Å². The van der Waals surface area contributed by atoms with E-state index in [2.05, 4.69) is 25.9 Å². The van der Waals surface area contributed by atoms with Gasteiger partial charge in [0.25, 0.3) is 23.6 Å². The van der Waals surface area contributed by atoms with E-state index >= 15 is 0 Å². The molecule has 0 saturated carbocycles. The summed E-state index contributed by atoms with van der Waals surface area (Å²) in [6.07, 6.45) is 4.06. The summed E-state index contributed by atoms with van der Waals surface area (Å²) in [7, 11) is 0. The fraction of sp³-hybridized carbons (Fsp3) is 0.469. The number of benzene rings is 2. The lowest BCUT2D eigenvalue weighted by molar-refractivity contribution is 0.0909. The van der Waals surface area contributed by atoms with Crippen LogP contribution in [0.15, 0.2) is 85.2 Å². The van der Waals surface area contributed by atoms with Crippen LogP contribution in [-0.4, -0.2) is 33.6 Å². The molecular weight excluding hydrogens is 788 g/mol. The molecule has 1 unspecified atom stereocenters. The number of amides is 4. The molecule has 6 rings (SSSR count). The fourth-order valence-corrected chi connectivity index (χ4v) is 4.69. The topological polar surface area (TPSA) is 101 Å². The number of anilines is 2. The largest absolute Gasteiger partial charge is 0.268 e. The monoisotopic (exact) mass is 887 g/mol. The summed E-state index contributed by atoms with van der Waals surface area (Å²) in [6, 6.07) is 20.9. The molecule has 0 spiro atoms. The molecule has 0 N–H and O–H groups in total. The van der Waals surface area contributed by atoms with E-state index < -0.39 is 0 Å². The van der Waals surface area contributed by atoms with Gasteiger partial charge in [-0.05, 0) is 73.0 Å². The van der Waals surface area contributed by atoms with Gasteiger partial charge < -0.3 is 0 Å². The third kappa shape index (κ3) is 18.8. The van der Waals surface area contributed by atoms with Crippen molar-refractivity contribution in [3.05, 3.63) is 119 Å². The number of nitrogens with zero attached hydrogens (tertiary/aromatic N) is 4. The molecular formula is C49H99BrN4O4. The van der Waals surface area contributed by atoms with Gasteiger partial charge in [0.2, 0.25) is 0 Å². The van der Waals surface area contributed by atoms with E-state index in [4.69, 9.17) is 0 Å². The second kappa shape index (κ2) is 42.1. The molecule has 58 heavy (non-hydrogen) atoms. The van der Waals surface area contributed by atoms with E-state index in [1.165, 1.54) is 0 Å². The fourth-order valence-electron chi connectivity index (χ4n) is 4.40. The second-order valence-corrected chi connectivity index (χ2v) is 10.3. The summed E-state index contributed by atoms with van der Waals surface area (Å²) in [5.74, 6) is -0.497. The number of halogens is 1. The number of alkyl halides is 1. The Labute approximate surface area is 373 Å². The number of carbonyl (C=O) groups excluding carboxylic acids is 4. The van der Waals surface area contributed by atoms with E-state index in [1.54, 1.807) is 73.1 Å². The number of fused-ring (bicyclic) bond motifs is 2. The Kier molecular flexibility index (Phi) is 72.2. The number of imide groups is 2. The molecule has 2 aliphatic heterocycles. The van der Waals surface area contributed by atoms with Crippen molar-refractivity contribution in [1.82, 2.24) is 9.97 Å². The molecule has 0 fully saturated rings. The van der Waals surface area contributed by atoms with Gasteiger partial charge in [0.05, 0.1) is 22.3 Å². The average Bonchev–Trinajstić information content (AvgIpc) is 3.38. The molecule has 4 aromatic rings. The number of aryl methyl sites for hydroxylation is 1. The van der Waals surface area contributed by atoms with Crippen LogP contribution in [-0.2, 0) is 6.42 Å². The highest BCUT2D eigenvalue weighted by Gasteiger charge is 2.38. The molecule has 1 atom stereocenters. The summed E-state index contributed by atoms with van der Waals surface area (Å²) in [5.41, 5.74) is 3.74. The SMILES string of the molecule is C.C.C.C.C.C.C.C.C.C.C.C.C.C.C.C.C.C.C.CC(Br)c1ccnc(N2C(=O)c3ccccc3C2=O)c1.CCc1ccnc(N2C(=O)c3ccccc3C2=O)c1. The van der Waals surface area contributed by atoms with Crippen molar-refractivity contribution in [1.29, 1.82) is 0 Å². The highest BCUT2D eigenvalue weighted by molar-refractivity contribution is 9.09. The maximum atomic E-state index is 12.3. The van der Waals surface area contributed by atoms with Crippen molar-refractivity contribution in [3.63, 3.8) is 0 Å². The quantitative estimate of drug-likeness (QED) is 0.149. The summed E-state index contributed by atoms with van der Waals surface area (Å²) in [4.78, 5) is 59.9. The van der Waals surface area contributed by atoms with Crippen LogP contribution in [0.5, 0.6) is 0 Å². The van der Waals surface area contributed by atoms with Crippen molar-refractivity contribution in [2.24, 2.45) is 0 Å². The van der Waals surface area contributed by atoms with Gasteiger partial charge in [-0.15, -0.1) is 0 Å². The Morgan fingerprint density at radius 3 is 1.02 bits per heavy atom. The van der Waals surface area contributed by atoms with E-state index in [9.17, 15) is 19.2 Å². The van der Waals surface area contributed by atoms with E-state index in [1.807, 2.05) is 26.0 Å². The Bertz CT molecular complexity index is 1570. The van der Waals surface area contributed by atoms with Gasteiger partial charge in [-0.1, -0.05) is 188 Å². The summed E-state index contributed by atoms with van der Waals surface area (Å²) < 4.78 is 0. The standard InChI is InChI=1S/C15H11BrN2O2.C15H12N2O2.19CH4/c1-9(16)10-6-7-17-13(8-10)18-14(19)11-4-2-3-5-12(11)15(18)20;1-2-10-7-8-16-13(9-10)17-14(18)11-5-3-4-6-12(11)15(17)19;;;;;;;;;;;;;;;;;;;/h2-9H,1H3;3-9H,2H2,1H3;19*1H4. The first-order chi connectivity index (χ1) is 18.8. The minimum atomic E-state index is -0.322. The van der Waals surface area contributed by atoms with E-state index in [0.29, 0.717) is 33.9 Å². The highest BCUT2D eigenvalue weighted by atomic mass is 79.9. The lowest BCUT2D eigenvalue weighted by atomic mass is 10.1. The van der Waals surface area contributed by atoms with Crippen LogP contribution in [0, 0.1) is 0 Å². The zero-order valence-electron chi connectivity index (χ0n) is 21.2. The van der Waals surface area contributed by atoms with Gasteiger partial charge >= 0.3 is 0 Å². The first kappa shape index (κ1) is 99.5. The molecule has 9 heteroatoms. The molecule has 4 heterocycles. The number of hydrogen-bond donors (Lipinski definition) is 0. The third-order valence-corrected chi connectivity index (χ3v) is 7.02. The van der Waals surface area contributed by atoms with Gasteiger partial charge in [-0.3, -0.25) is 19.2 Å². The molecule has 0 aliphatic carbocycles. The second-order valence-electron chi connectivity index (χ2n) is 8.92. The van der Waals surface area contributed by atoms with Crippen LogP contribution in [0.1, 0.15) is 212 Å². The Hall–Kier alpha value is -4.50. The van der Waals surface area contributed by atoms with Crippen LogP contribution in [0.4, 0.5) is 11.6 Å².